The van der Waals surface area contributed by atoms with E-state index in [9.17, 15) is 4.79 Å². The molecule has 30 heavy (non-hydrogen) atoms. The van der Waals surface area contributed by atoms with Crippen molar-refractivity contribution < 1.29 is 4.79 Å². The average Bonchev–Trinajstić information content (AvgIpc) is 3.26. The zero-order chi connectivity index (χ0) is 20.8. The van der Waals surface area contributed by atoms with Crippen molar-refractivity contribution in [2.45, 2.75) is 4.90 Å². The third-order valence-electron chi connectivity index (χ3n) is 4.52. The van der Waals surface area contributed by atoms with Crippen LogP contribution in [-0.4, -0.2) is 28.2 Å². The van der Waals surface area contributed by atoms with Gasteiger partial charge in [0.05, 0.1) is 17.5 Å². The van der Waals surface area contributed by atoms with Crippen LogP contribution in [0.5, 0.6) is 0 Å². The Kier molecular flexibility index (Phi) is 6.06. The molecule has 6 heteroatoms. The van der Waals surface area contributed by atoms with Crippen molar-refractivity contribution in [3.05, 3.63) is 102 Å². The van der Waals surface area contributed by atoms with E-state index in [0.717, 1.165) is 16.8 Å². The molecule has 0 fully saturated rings. The lowest BCUT2D eigenvalue weighted by atomic mass is 10.1. The van der Waals surface area contributed by atoms with Crippen molar-refractivity contribution >= 4 is 23.9 Å². The predicted molar refractivity (Wildman–Crippen MR) is 122 cm³/mol. The maximum Gasteiger partial charge on any atom is 0.275 e. The second-order valence-corrected chi connectivity index (χ2v) is 7.39. The normalized spacial score (nSPS) is 11.0. The van der Waals surface area contributed by atoms with Gasteiger partial charge in [0, 0.05) is 16.7 Å². The highest BCUT2D eigenvalue weighted by Crippen LogP contribution is 2.23. The smallest absolute Gasteiger partial charge is 0.267 e. The molecule has 0 aliphatic heterocycles. The maximum atomic E-state index is 12.9. The number of hydrogen-bond donors (Lipinski definition) is 1. The number of aromatic nitrogens is 2. The zero-order valence-corrected chi connectivity index (χ0v) is 17.2. The number of nitrogens with zero attached hydrogens (tertiary/aromatic N) is 3. The SMILES string of the molecule is CSc1ccc(/C=N\NC(=O)c2cn(-c3ccccc3)nc2-c2ccccc2)cc1. The standard InChI is InChI=1S/C24H20N4OS/c1-30-21-14-12-18(13-15-21)16-25-26-24(29)22-17-28(20-10-6-3-7-11-20)27-23(22)19-8-4-2-5-9-19/h2-17H,1H3,(H,26,29)/b25-16-. The molecule has 0 spiro atoms. The van der Waals surface area contributed by atoms with Crippen LogP contribution in [0, 0.1) is 0 Å². The number of benzene rings is 3. The molecule has 5 nitrogen and oxygen atoms in total. The third-order valence-corrected chi connectivity index (χ3v) is 5.27. The van der Waals surface area contributed by atoms with Crippen LogP contribution in [0.3, 0.4) is 0 Å². The molecule has 0 unspecified atom stereocenters. The van der Waals surface area contributed by atoms with Crippen LogP contribution in [0.25, 0.3) is 16.9 Å². The van der Waals surface area contributed by atoms with Crippen molar-refractivity contribution in [1.82, 2.24) is 15.2 Å². The summed E-state index contributed by atoms with van der Waals surface area (Å²) in [6.07, 6.45) is 5.39. The van der Waals surface area contributed by atoms with Gasteiger partial charge in [-0.1, -0.05) is 60.7 Å². The molecule has 0 bridgehead atoms. The highest BCUT2D eigenvalue weighted by molar-refractivity contribution is 7.98. The summed E-state index contributed by atoms with van der Waals surface area (Å²) in [6, 6.07) is 27.3. The van der Waals surface area contributed by atoms with E-state index in [1.54, 1.807) is 28.9 Å². The van der Waals surface area contributed by atoms with Gasteiger partial charge in [-0.3, -0.25) is 4.79 Å². The maximum absolute atomic E-state index is 12.9. The predicted octanol–water partition coefficient (Wildman–Crippen LogP) is 5.03. The number of carbonyl (C=O) groups is 1. The first kappa shape index (κ1) is 19.7. The van der Waals surface area contributed by atoms with Gasteiger partial charge in [0.2, 0.25) is 0 Å². The van der Waals surface area contributed by atoms with Gasteiger partial charge >= 0.3 is 0 Å². The lowest BCUT2D eigenvalue weighted by Gasteiger charge is -2.01. The van der Waals surface area contributed by atoms with Crippen molar-refractivity contribution in [3.63, 3.8) is 0 Å². The van der Waals surface area contributed by atoms with E-state index < -0.39 is 0 Å². The number of hydrazone groups is 1. The lowest BCUT2D eigenvalue weighted by Crippen LogP contribution is -2.17. The van der Waals surface area contributed by atoms with Gasteiger partial charge in [-0.15, -0.1) is 11.8 Å². The Morgan fingerprint density at radius 2 is 1.63 bits per heavy atom. The first-order valence-electron chi connectivity index (χ1n) is 9.42. The van der Waals surface area contributed by atoms with Crippen LogP contribution >= 0.6 is 11.8 Å². The highest BCUT2D eigenvalue weighted by atomic mass is 32.2. The molecule has 3 aromatic carbocycles. The fourth-order valence-corrected chi connectivity index (χ4v) is 3.39. The number of para-hydroxylation sites is 1. The van der Waals surface area contributed by atoms with Crippen LogP contribution < -0.4 is 5.43 Å². The molecule has 0 radical (unpaired) electrons. The Labute approximate surface area is 179 Å². The Balaban J connectivity index is 1.60. The first-order chi connectivity index (χ1) is 14.7. The molecule has 0 saturated carbocycles. The molecular weight excluding hydrogens is 392 g/mol. The van der Waals surface area contributed by atoms with Gasteiger partial charge in [0.15, 0.2) is 0 Å². The Morgan fingerprint density at radius 1 is 0.967 bits per heavy atom. The topological polar surface area (TPSA) is 59.3 Å². The Morgan fingerprint density at radius 3 is 2.30 bits per heavy atom. The van der Waals surface area contributed by atoms with E-state index >= 15 is 0 Å². The molecule has 4 aromatic rings. The van der Waals surface area contributed by atoms with Gasteiger partial charge in [-0.05, 0) is 36.1 Å². The van der Waals surface area contributed by atoms with E-state index in [0.29, 0.717) is 11.3 Å². The van der Waals surface area contributed by atoms with Crippen LogP contribution in [0.15, 0.2) is 101 Å². The van der Waals surface area contributed by atoms with E-state index in [1.165, 1.54) is 4.90 Å². The molecule has 0 atom stereocenters. The van der Waals surface area contributed by atoms with Crippen LogP contribution in [0.2, 0.25) is 0 Å². The van der Waals surface area contributed by atoms with E-state index in [4.69, 9.17) is 0 Å². The Hall–Kier alpha value is -3.64. The third kappa shape index (κ3) is 4.50. The molecule has 4 rings (SSSR count). The van der Waals surface area contributed by atoms with Crippen molar-refractivity contribution in [3.8, 4) is 16.9 Å². The second kappa shape index (κ2) is 9.24. The van der Waals surface area contributed by atoms with Crippen molar-refractivity contribution in [2.75, 3.05) is 6.26 Å². The molecule has 1 aromatic heterocycles. The number of hydrogen-bond acceptors (Lipinski definition) is 4. The lowest BCUT2D eigenvalue weighted by molar-refractivity contribution is 0.0956. The summed E-state index contributed by atoms with van der Waals surface area (Å²) in [4.78, 5) is 14.1. The minimum Gasteiger partial charge on any atom is -0.267 e. The summed E-state index contributed by atoms with van der Waals surface area (Å²) in [6.45, 7) is 0. The molecule has 1 heterocycles. The quantitative estimate of drug-likeness (QED) is 0.275. The number of thioether (sulfide) groups is 1. The summed E-state index contributed by atoms with van der Waals surface area (Å²) in [5.41, 5.74) is 6.35. The van der Waals surface area contributed by atoms with Gasteiger partial charge in [0.1, 0.15) is 5.69 Å². The van der Waals surface area contributed by atoms with E-state index in [2.05, 4.69) is 15.6 Å². The van der Waals surface area contributed by atoms with Gasteiger partial charge in [-0.25, -0.2) is 10.1 Å². The van der Waals surface area contributed by atoms with Gasteiger partial charge in [-0.2, -0.15) is 10.2 Å². The minimum absolute atomic E-state index is 0.312. The van der Waals surface area contributed by atoms with Crippen LogP contribution in [-0.2, 0) is 0 Å². The van der Waals surface area contributed by atoms with Crippen LogP contribution in [0.1, 0.15) is 15.9 Å². The number of rotatable bonds is 6. The summed E-state index contributed by atoms with van der Waals surface area (Å²) in [5, 5.41) is 8.78. The molecule has 1 N–H and O–H groups in total. The summed E-state index contributed by atoms with van der Waals surface area (Å²) < 4.78 is 1.71. The number of carbonyl (C=O) groups excluding carboxylic acids is 1. The highest BCUT2D eigenvalue weighted by Gasteiger charge is 2.18. The number of nitrogens with one attached hydrogen (secondary N) is 1. The van der Waals surface area contributed by atoms with E-state index in [-0.39, 0.29) is 5.91 Å². The first-order valence-corrected chi connectivity index (χ1v) is 10.6. The molecule has 148 valence electrons. The summed E-state index contributed by atoms with van der Waals surface area (Å²) in [7, 11) is 0. The van der Waals surface area contributed by atoms with Crippen LogP contribution in [0.4, 0.5) is 0 Å². The van der Waals surface area contributed by atoms with Crippen molar-refractivity contribution in [1.29, 1.82) is 0 Å². The van der Waals surface area contributed by atoms with E-state index in [1.807, 2.05) is 91.2 Å². The Bertz CT molecular complexity index is 1150. The van der Waals surface area contributed by atoms with Crippen molar-refractivity contribution in [2.24, 2.45) is 5.10 Å². The fraction of sp³-hybridized carbons (Fsp3) is 0.0417. The monoisotopic (exact) mass is 412 g/mol. The van der Waals surface area contributed by atoms with Gasteiger partial charge in [0.25, 0.3) is 5.91 Å². The second-order valence-electron chi connectivity index (χ2n) is 6.51. The molecule has 0 aliphatic carbocycles. The molecule has 0 saturated heterocycles. The minimum atomic E-state index is -0.312. The average molecular weight is 413 g/mol. The fourth-order valence-electron chi connectivity index (χ4n) is 2.98. The summed E-state index contributed by atoms with van der Waals surface area (Å²) in [5.74, 6) is -0.312. The molecule has 1 amide bonds. The molecule has 0 aliphatic rings. The largest absolute Gasteiger partial charge is 0.275 e. The zero-order valence-electron chi connectivity index (χ0n) is 16.4. The van der Waals surface area contributed by atoms with Gasteiger partial charge < -0.3 is 0 Å². The molecular formula is C24H20N4OS. The number of amides is 1. The summed E-state index contributed by atoms with van der Waals surface area (Å²) >= 11 is 1.68.